The Morgan fingerprint density at radius 3 is 2.37 bits per heavy atom. The molecule has 1 saturated heterocycles. The van der Waals surface area contributed by atoms with Crippen molar-refractivity contribution >= 4 is 0 Å². The summed E-state index contributed by atoms with van der Waals surface area (Å²) in [7, 11) is 0. The molecule has 19 heavy (non-hydrogen) atoms. The van der Waals surface area contributed by atoms with Crippen LogP contribution in [0, 0.1) is 12.8 Å². The quantitative estimate of drug-likeness (QED) is 0.855. The van der Waals surface area contributed by atoms with E-state index in [1.54, 1.807) is 0 Å². The number of hydrogen-bond donors (Lipinski definition) is 2. The lowest BCUT2D eigenvalue weighted by Gasteiger charge is -2.36. The van der Waals surface area contributed by atoms with Crippen LogP contribution in [0.3, 0.4) is 0 Å². The normalized spacial score (nSPS) is 17.6. The summed E-state index contributed by atoms with van der Waals surface area (Å²) in [5.74, 6) is 0.521. The Labute approximate surface area is 115 Å². The molecule has 0 unspecified atom stereocenters. The number of aryl methyl sites for hydroxylation is 1. The van der Waals surface area contributed by atoms with Crippen LogP contribution < -0.4 is 0 Å². The molecule has 3 heteroatoms. The molecule has 0 saturated carbocycles. The summed E-state index contributed by atoms with van der Waals surface area (Å²) in [6, 6.07) is 8.04. The highest BCUT2D eigenvalue weighted by atomic mass is 16.5. The summed E-state index contributed by atoms with van der Waals surface area (Å²) in [5, 5.41) is 19.8. The summed E-state index contributed by atoms with van der Waals surface area (Å²) in [6.07, 6.45) is 2.87. The van der Waals surface area contributed by atoms with Gasteiger partial charge in [0.15, 0.2) is 0 Å². The van der Waals surface area contributed by atoms with Crippen LogP contribution in [0.1, 0.15) is 30.4 Å². The molecule has 1 aliphatic rings. The van der Waals surface area contributed by atoms with Crippen molar-refractivity contribution in [2.75, 3.05) is 26.4 Å². The van der Waals surface area contributed by atoms with Gasteiger partial charge in [0.1, 0.15) is 0 Å². The molecular formula is C16H24O3. The van der Waals surface area contributed by atoms with Crippen LogP contribution in [0.15, 0.2) is 24.3 Å². The largest absolute Gasteiger partial charge is 0.395 e. The fourth-order valence-corrected chi connectivity index (χ4v) is 3.13. The van der Waals surface area contributed by atoms with Gasteiger partial charge in [0.05, 0.1) is 13.2 Å². The number of rotatable bonds is 5. The van der Waals surface area contributed by atoms with E-state index in [9.17, 15) is 10.2 Å². The van der Waals surface area contributed by atoms with Crippen molar-refractivity contribution in [1.29, 1.82) is 0 Å². The van der Waals surface area contributed by atoms with Crippen molar-refractivity contribution in [3.8, 4) is 0 Å². The minimum absolute atomic E-state index is 0.00822. The first-order valence-corrected chi connectivity index (χ1v) is 7.07. The van der Waals surface area contributed by atoms with E-state index in [2.05, 4.69) is 0 Å². The van der Waals surface area contributed by atoms with Gasteiger partial charge in [0.2, 0.25) is 0 Å². The molecule has 106 valence electrons. The standard InChI is InChI=1S/C16H24O3/c1-13-4-2-3-5-15(13)16(11-17,12-18)10-14-6-8-19-9-7-14/h2-5,14,17-18H,6-12H2,1H3. The van der Waals surface area contributed by atoms with E-state index < -0.39 is 5.41 Å². The molecule has 1 aliphatic heterocycles. The molecule has 1 aromatic rings. The predicted octanol–water partition coefficient (Wildman–Crippen LogP) is 2.03. The Kier molecular flexibility index (Phi) is 4.97. The molecule has 3 nitrogen and oxygen atoms in total. The monoisotopic (exact) mass is 264 g/mol. The highest BCUT2D eigenvalue weighted by Crippen LogP contribution is 2.36. The van der Waals surface area contributed by atoms with Crippen molar-refractivity contribution in [2.24, 2.45) is 5.92 Å². The smallest absolute Gasteiger partial charge is 0.0550 e. The van der Waals surface area contributed by atoms with Gasteiger partial charge >= 0.3 is 0 Å². The van der Waals surface area contributed by atoms with Crippen molar-refractivity contribution in [1.82, 2.24) is 0 Å². The SMILES string of the molecule is Cc1ccccc1C(CO)(CO)CC1CCOCC1. The fraction of sp³-hybridized carbons (Fsp3) is 0.625. The van der Waals surface area contributed by atoms with Gasteiger partial charge in [0.25, 0.3) is 0 Å². The summed E-state index contributed by atoms with van der Waals surface area (Å²) in [5.41, 5.74) is 1.69. The molecule has 1 fully saturated rings. The number of aliphatic hydroxyl groups excluding tert-OH is 2. The Balaban J connectivity index is 2.23. The Morgan fingerprint density at radius 1 is 1.16 bits per heavy atom. The van der Waals surface area contributed by atoms with Crippen molar-refractivity contribution in [3.05, 3.63) is 35.4 Å². The van der Waals surface area contributed by atoms with E-state index >= 15 is 0 Å². The summed E-state index contributed by atoms with van der Waals surface area (Å²) >= 11 is 0. The summed E-state index contributed by atoms with van der Waals surface area (Å²) in [6.45, 7) is 3.62. The van der Waals surface area contributed by atoms with E-state index in [-0.39, 0.29) is 13.2 Å². The fourth-order valence-electron chi connectivity index (χ4n) is 3.13. The maximum atomic E-state index is 9.89. The van der Waals surface area contributed by atoms with E-state index in [1.165, 1.54) is 0 Å². The van der Waals surface area contributed by atoms with Gasteiger partial charge in [-0.2, -0.15) is 0 Å². The molecule has 2 rings (SSSR count). The van der Waals surface area contributed by atoms with Gasteiger partial charge in [-0.3, -0.25) is 0 Å². The molecule has 0 aromatic heterocycles. The van der Waals surface area contributed by atoms with Gasteiger partial charge in [0, 0.05) is 18.6 Å². The van der Waals surface area contributed by atoms with Gasteiger partial charge < -0.3 is 14.9 Å². The van der Waals surface area contributed by atoms with Crippen LogP contribution in [-0.4, -0.2) is 36.6 Å². The lowest BCUT2D eigenvalue weighted by molar-refractivity contribution is 0.0353. The lowest BCUT2D eigenvalue weighted by atomic mass is 9.72. The van der Waals surface area contributed by atoms with Gasteiger partial charge in [-0.15, -0.1) is 0 Å². The first-order chi connectivity index (χ1) is 9.22. The maximum Gasteiger partial charge on any atom is 0.0550 e. The molecular weight excluding hydrogens is 240 g/mol. The van der Waals surface area contributed by atoms with Crippen molar-refractivity contribution in [3.63, 3.8) is 0 Å². The predicted molar refractivity (Wildman–Crippen MR) is 75.2 cm³/mol. The topological polar surface area (TPSA) is 49.7 Å². The minimum atomic E-state index is -0.520. The third kappa shape index (κ3) is 3.16. The lowest BCUT2D eigenvalue weighted by Crippen LogP contribution is -2.38. The summed E-state index contributed by atoms with van der Waals surface area (Å²) < 4.78 is 5.39. The van der Waals surface area contributed by atoms with E-state index in [0.717, 1.165) is 43.6 Å². The van der Waals surface area contributed by atoms with Crippen LogP contribution in [0.5, 0.6) is 0 Å². The zero-order chi connectivity index (χ0) is 13.7. The second-order valence-corrected chi connectivity index (χ2v) is 5.67. The molecule has 0 radical (unpaired) electrons. The van der Waals surface area contributed by atoms with Crippen LogP contribution in [0.2, 0.25) is 0 Å². The molecule has 0 aliphatic carbocycles. The van der Waals surface area contributed by atoms with Crippen LogP contribution in [0.25, 0.3) is 0 Å². The Morgan fingerprint density at radius 2 is 1.79 bits per heavy atom. The minimum Gasteiger partial charge on any atom is -0.395 e. The summed E-state index contributed by atoms with van der Waals surface area (Å²) in [4.78, 5) is 0. The Hall–Kier alpha value is -0.900. The molecule has 0 bridgehead atoms. The third-order valence-corrected chi connectivity index (χ3v) is 4.34. The van der Waals surface area contributed by atoms with Crippen LogP contribution in [-0.2, 0) is 10.2 Å². The molecule has 0 amide bonds. The van der Waals surface area contributed by atoms with Crippen molar-refractivity contribution in [2.45, 2.75) is 31.6 Å². The van der Waals surface area contributed by atoms with Gasteiger partial charge in [-0.1, -0.05) is 24.3 Å². The second-order valence-electron chi connectivity index (χ2n) is 5.67. The number of aliphatic hydroxyl groups is 2. The van der Waals surface area contributed by atoms with Crippen LogP contribution in [0.4, 0.5) is 0 Å². The highest BCUT2D eigenvalue weighted by molar-refractivity contribution is 5.34. The van der Waals surface area contributed by atoms with Gasteiger partial charge in [-0.05, 0) is 43.2 Å². The number of hydrogen-bond acceptors (Lipinski definition) is 3. The first-order valence-electron chi connectivity index (χ1n) is 7.07. The van der Waals surface area contributed by atoms with E-state index in [4.69, 9.17) is 4.74 Å². The molecule has 2 N–H and O–H groups in total. The number of ether oxygens (including phenoxy) is 1. The molecule has 1 heterocycles. The average molecular weight is 264 g/mol. The molecule has 1 aromatic carbocycles. The molecule has 0 spiro atoms. The first kappa shape index (κ1) is 14.5. The highest BCUT2D eigenvalue weighted by Gasteiger charge is 2.35. The zero-order valence-corrected chi connectivity index (χ0v) is 11.6. The van der Waals surface area contributed by atoms with E-state index in [0.29, 0.717) is 5.92 Å². The van der Waals surface area contributed by atoms with E-state index in [1.807, 2.05) is 31.2 Å². The average Bonchev–Trinajstić information content (AvgIpc) is 2.47. The van der Waals surface area contributed by atoms with Crippen molar-refractivity contribution < 1.29 is 14.9 Å². The van der Waals surface area contributed by atoms with Gasteiger partial charge in [-0.25, -0.2) is 0 Å². The maximum absolute atomic E-state index is 9.89. The molecule has 0 atom stereocenters. The third-order valence-electron chi connectivity index (χ3n) is 4.34. The zero-order valence-electron chi connectivity index (χ0n) is 11.6. The Bertz CT molecular complexity index is 393. The van der Waals surface area contributed by atoms with Crippen LogP contribution >= 0.6 is 0 Å². The second kappa shape index (κ2) is 6.51. The number of benzene rings is 1.